The first-order valence-corrected chi connectivity index (χ1v) is 6.98. The maximum atomic E-state index is 13.1. The predicted octanol–water partition coefficient (Wildman–Crippen LogP) is 2.19. The number of nitrogens with two attached hydrogens (primary N) is 1. The van der Waals surface area contributed by atoms with Crippen LogP contribution in [-0.2, 0) is 14.4 Å². The molecule has 20 heavy (non-hydrogen) atoms. The van der Waals surface area contributed by atoms with Crippen LogP contribution in [0, 0.1) is 16.7 Å². The van der Waals surface area contributed by atoms with Gasteiger partial charge in [0.1, 0.15) is 12.0 Å². The Balaban J connectivity index is 2.75. The average Bonchev–Trinajstić information content (AvgIpc) is 2.22. The largest absolute Gasteiger partial charge is 0.363 e. The summed E-state index contributed by atoms with van der Waals surface area (Å²) in [6, 6.07) is 0. The summed E-state index contributed by atoms with van der Waals surface area (Å²) >= 11 is 0. The number of alkyl halides is 1. The molecule has 1 aliphatic rings. The quantitative estimate of drug-likeness (QED) is 0.760. The Morgan fingerprint density at radius 3 is 2.15 bits per heavy atom. The van der Waals surface area contributed by atoms with Gasteiger partial charge in [-0.15, -0.1) is 0 Å². The lowest BCUT2D eigenvalue weighted by molar-refractivity contribution is -0.151. The van der Waals surface area contributed by atoms with Gasteiger partial charge in [-0.2, -0.15) is 0 Å². The number of carbonyl (C=O) groups excluding carboxylic acids is 3. The lowest BCUT2D eigenvalue weighted by atomic mass is 9.61. The minimum absolute atomic E-state index is 0.00181. The fourth-order valence-corrected chi connectivity index (χ4v) is 3.00. The van der Waals surface area contributed by atoms with E-state index >= 15 is 0 Å². The number of rotatable bonds is 6. The first kappa shape index (κ1) is 16.8. The van der Waals surface area contributed by atoms with E-state index in [1.807, 2.05) is 27.7 Å². The van der Waals surface area contributed by atoms with Crippen LogP contribution in [0.5, 0.6) is 0 Å². The van der Waals surface area contributed by atoms with Gasteiger partial charge in [0, 0.05) is 12.3 Å². The molecular formula is C15H24FNO3. The number of Topliss-reactive ketones (excluding diaryl/α,β-unsaturated/α-hetero) is 2. The molecule has 5 heteroatoms. The number of primary amides is 1. The fourth-order valence-electron chi connectivity index (χ4n) is 3.00. The summed E-state index contributed by atoms with van der Waals surface area (Å²) in [4.78, 5) is 35.1. The molecule has 0 aliphatic heterocycles. The molecule has 0 heterocycles. The van der Waals surface area contributed by atoms with Crippen molar-refractivity contribution in [3.63, 3.8) is 0 Å². The summed E-state index contributed by atoms with van der Waals surface area (Å²) in [7, 11) is 0. The molecule has 0 spiro atoms. The summed E-state index contributed by atoms with van der Waals surface area (Å²) in [5, 5.41) is 0. The zero-order valence-electron chi connectivity index (χ0n) is 12.7. The molecular weight excluding hydrogens is 261 g/mol. The molecule has 1 rings (SSSR count). The summed E-state index contributed by atoms with van der Waals surface area (Å²) in [5.41, 5.74) is 3.82. The molecule has 0 aromatic heterocycles. The minimum atomic E-state index is -1.19. The molecule has 0 aromatic rings. The normalized spacial score (nSPS) is 27.6. The van der Waals surface area contributed by atoms with Crippen molar-refractivity contribution < 1.29 is 18.8 Å². The molecule has 0 aromatic carbocycles. The van der Waals surface area contributed by atoms with Crippen molar-refractivity contribution in [3.8, 4) is 0 Å². The van der Waals surface area contributed by atoms with E-state index in [0.29, 0.717) is 6.42 Å². The van der Waals surface area contributed by atoms with Gasteiger partial charge in [0.15, 0.2) is 0 Å². The first-order chi connectivity index (χ1) is 8.97. The Kier molecular flexibility index (Phi) is 4.72. The number of amides is 1. The van der Waals surface area contributed by atoms with Gasteiger partial charge in [-0.25, -0.2) is 4.39 Å². The van der Waals surface area contributed by atoms with Gasteiger partial charge in [-0.1, -0.05) is 27.7 Å². The van der Waals surface area contributed by atoms with E-state index in [4.69, 9.17) is 5.73 Å². The van der Waals surface area contributed by atoms with Crippen LogP contribution >= 0.6 is 0 Å². The summed E-state index contributed by atoms with van der Waals surface area (Å²) in [6.45, 7) is 7.90. The summed E-state index contributed by atoms with van der Waals surface area (Å²) in [5.74, 6) is -2.19. The van der Waals surface area contributed by atoms with Crippen LogP contribution in [0.2, 0.25) is 0 Å². The molecule has 1 fully saturated rings. The van der Waals surface area contributed by atoms with Crippen LogP contribution < -0.4 is 5.73 Å². The number of carbonyl (C=O) groups is 3. The zero-order chi connectivity index (χ0) is 15.7. The maximum Gasteiger partial charge on any atom is 0.285 e. The standard InChI is InChI=1S/C15H24FNO3/c1-9(5-14(2,3)4)11(18)8-15(6-10(16)7-15)12(19)13(17)20/h9-10H,5-8H2,1-4H3,(H2,17,20). The van der Waals surface area contributed by atoms with Crippen molar-refractivity contribution in [1.29, 1.82) is 0 Å². The number of hydrogen-bond acceptors (Lipinski definition) is 3. The molecule has 1 saturated carbocycles. The molecule has 0 radical (unpaired) electrons. The molecule has 2 N–H and O–H groups in total. The third kappa shape index (κ3) is 3.87. The lowest BCUT2D eigenvalue weighted by Gasteiger charge is -2.42. The predicted molar refractivity (Wildman–Crippen MR) is 73.6 cm³/mol. The minimum Gasteiger partial charge on any atom is -0.363 e. The molecule has 1 aliphatic carbocycles. The van der Waals surface area contributed by atoms with Gasteiger partial charge in [0.2, 0.25) is 5.78 Å². The highest BCUT2D eigenvalue weighted by Gasteiger charge is 2.53. The molecule has 0 saturated heterocycles. The number of halogens is 1. The Morgan fingerprint density at radius 2 is 1.80 bits per heavy atom. The zero-order valence-corrected chi connectivity index (χ0v) is 12.7. The monoisotopic (exact) mass is 285 g/mol. The van der Waals surface area contributed by atoms with E-state index in [1.54, 1.807) is 0 Å². The van der Waals surface area contributed by atoms with E-state index < -0.39 is 23.3 Å². The van der Waals surface area contributed by atoms with Gasteiger partial charge in [0.25, 0.3) is 5.91 Å². The number of hydrogen-bond donors (Lipinski definition) is 1. The van der Waals surface area contributed by atoms with Crippen LogP contribution in [0.3, 0.4) is 0 Å². The second-order valence-electron chi connectivity index (χ2n) is 7.29. The van der Waals surface area contributed by atoms with Gasteiger partial charge in [-0.05, 0) is 24.7 Å². The van der Waals surface area contributed by atoms with Gasteiger partial charge in [-0.3, -0.25) is 14.4 Å². The van der Waals surface area contributed by atoms with E-state index in [1.165, 1.54) is 0 Å². The van der Waals surface area contributed by atoms with E-state index in [2.05, 4.69) is 0 Å². The molecule has 1 unspecified atom stereocenters. The van der Waals surface area contributed by atoms with Gasteiger partial charge < -0.3 is 5.73 Å². The molecule has 114 valence electrons. The summed E-state index contributed by atoms with van der Waals surface area (Å²) < 4.78 is 13.1. The van der Waals surface area contributed by atoms with Gasteiger partial charge in [0.05, 0.1) is 5.41 Å². The third-order valence-corrected chi connectivity index (χ3v) is 3.91. The average molecular weight is 285 g/mol. The highest BCUT2D eigenvalue weighted by molar-refractivity contribution is 6.38. The van der Waals surface area contributed by atoms with Crippen LogP contribution in [0.15, 0.2) is 0 Å². The fraction of sp³-hybridized carbons (Fsp3) is 0.800. The van der Waals surface area contributed by atoms with E-state index in [9.17, 15) is 18.8 Å². The second kappa shape index (κ2) is 5.62. The highest BCUT2D eigenvalue weighted by atomic mass is 19.1. The first-order valence-electron chi connectivity index (χ1n) is 6.98. The SMILES string of the molecule is CC(CC(C)(C)C)C(=O)CC1(C(=O)C(N)=O)CC(F)C1. The maximum absolute atomic E-state index is 13.1. The second-order valence-corrected chi connectivity index (χ2v) is 7.29. The molecule has 0 bridgehead atoms. The topological polar surface area (TPSA) is 77.2 Å². The highest BCUT2D eigenvalue weighted by Crippen LogP contribution is 2.47. The van der Waals surface area contributed by atoms with Crippen LogP contribution in [-0.4, -0.2) is 23.6 Å². The Morgan fingerprint density at radius 1 is 1.30 bits per heavy atom. The Hall–Kier alpha value is -1.26. The van der Waals surface area contributed by atoms with Crippen LogP contribution in [0.4, 0.5) is 4.39 Å². The lowest BCUT2D eigenvalue weighted by Crippen LogP contribution is -2.51. The Bertz CT molecular complexity index is 419. The molecule has 1 atom stereocenters. The van der Waals surface area contributed by atoms with Crippen molar-refractivity contribution >= 4 is 17.5 Å². The number of ketones is 2. The molecule has 4 nitrogen and oxygen atoms in total. The van der Waals surface area contributed by atoms with Crippen LogP contribution in [0.25, 0.3) is 0 Å². The van der Waals surface area contributed by atoms with Gasteiger partial charge >= 0.3 is 0 Å². The Labute approximate surface area is 119 Å². The van der Waals surface area contributed by atoms with Crippen molar-refractivity contribution in [2.75, 3.05) is 0 Å². The summed E-state index contributed by atoms with van der Waals surface area (Å²) in [6.07, 6.45) is -0.645. The van der Waals surface area contributed by atoms with Crippen molar-refractivity contribution in [2.24, 2.45) is 22.5 Å². The van der Waals surface area contributed by atoms with E-state index in [-0.39, 0.29) is 36.4 Å². The third-order valence-electron chi connectivity index (χ3n) is 3.91. The molecule has 1 amide bonds. The smallest absolute Gasteiger partial charge is 0.285 e. The van der Waals surface area contributed by atoms with Crippen molar-refractivity contribution in [3.05, 3.63) is 0 Å². The van der Waals surface area contributed by atoms with Crippen molar-refractivity contribution in [2.45, 2.75) is 59.5 Å². The van der Waals surface area contributed by atoms with Crippen molar-refractivity contribution in [1.82, 2.24) is 0 Å². The van der Waals surface area contributed by atoms with Crippen LogP contribution in [0.1, 0.15) is 53.4 Å². The van der Waals surface area contributed by atoms with E-state index in [0.717, 1.165) is 0 Å².